The van der Waals surface area contributed by atoms with Gasteiger partial charge in [0.1, 0.15) is 11.4 Å². The molecule has 0 radical (unpaired) electrons. The van der Waals surface area contributed by atoms with Gasteiger partial charge in [0.25, 0.3) is 0 Å². The molecule has 0 unspecified atom stereocenters. The fourth-order valence-corrected chi connectivity index (χ4v) is 3.51. The van der Waals surface area contributed by atoms with Gasteiger partial charge in [-0.1, -0.05) is 36.4 Å². The molecule has 200 valence electrons. The van der Waals surface area contributed by atoms with E-state index in [2.05, 4.69) is 42.2 Å². The Morgan fingerprint density at radius 3 is 2.32 bits per heavy atom. The monoisotopic (exact) mass is 520 g/mol. The van der Waals surface area contributed by atoms with Crippen molar-refractivity contribution in [2.45, 2.75) is 12.8 Å². The Bertz CT molecular complexity index is 1340. The molecule has 0 aliphatic heterocycles. The number of benzene rings is 2. The van der Waals surface area contributed by atoms with Crippen LogP contribution in [0.2, 0.25) is 0 Å². The van der Waals surface area contributed by atoms with E-state index in [0.717, 1.165) is 53.1 Å². The number of aliphatic carboxylic acids is 2. The molecule has 2 heterocycles. The standard InChI is InChI=1S/C24H26N4O.C4H4O4.H2O/c1-27(2)16-6-7-17-29-21-13-8-12-20(18-21)28-24-22(14-9-15-25-24)23(26-28)19-10-4-3-5-11-19;5-3(6)1-2-4(7)8;/h3-5,8-15,18H,6-7,16-17H2,1-2H3;1-2H,(H,5,6)(H,7,8);1H2/b;2-1+;. The van der Waals surface area contributed by atoms with Crippen LogP contribution in [0.15, 0.2) is 85.1 Å². The van der Waals surface area contributed by atoms with Gasteiger partial charge in [-0.25, -0.2) is 19.3 Å². The number of pyridine rings is 1. The number of ether oxygens (including phenoxy) is 1. The Balaban J connectivity index is 0.000000493. The van der Waals surface area contributed by atoms with Crippen molar-refractivity contribution < 1.29 is 30.0 Å². The minimum absolute atomic E-state index is 0. The van der Waals surface area contributed by atoms with Gasteiger partial charge in [-0.2, -0.15) is 5.10 Å². The predicted octanol–water partition coefficient (Wildman–Crippen LogP) is 3.70. The van der Waals surface area contributed by atoms with Gasteiger partial charge in [-0.3, -0.25) is 0 Å². The van der Waals surface area contributed by atoms with Gasteiger partial charge < -0.3 is 25.3 Å². The summed E-state index contributed by atoms with van der Waals surface area (Å²) >= 11 is 0. The maximum absolute atomic E-state index is 9.55. The first kappa shape index (κ1) is 29.7. The summed E-state index contributed by atoms with van der Waals surface area (Å²) in [6, 6.07) is 22.3. The number of carboxylic acid groups (broad SMARTS) is 2. The summed E-state index contributed by atoms with van der Waals surface area (Å²) in [7, 11) is 4.19. The van der Waals surface area contributed by atoms with Crippen LogP contribution in [0.1, 0.15) is 12.8 Å². The number of unbranched alkanes of at least 4 members (excludes halogenated alkanes) is 1. The van der Waals surface area contributed by atoms with Crippen LogP contribution in [0, 0.1) is 0 Å². The van der Waals surface area contributed by atoms with Crippen molar-refractivity contribution in [3.8, 4) is 22.7 Å². The fourth-order valence-electron chi connectivity index (χ4n) is 3.51. The van der Waals surface area contributed by atoms with E-state index in [1.165, 1.54) is 0 Å². The molecule has 0 amide bonds. The van der Waals surface area contributed by atoms with Crippen LogP contribution in [0.3, 0.4) is 0 Å². The lowest BCUT2D eigenvalue weighted by Gasteiger charge is -2.10. The van der Waals surface area contributed by atoms with Crippen LogP contribution in [0.4, 0.5) is 0 Å². The first-order valence-corrected chi connectivity index (χ1v) is 11.8. The first-order valence-electron chi connectivity index (χ1n) is 11.8. The van der Waals surface area contributed by atoms with E-state index in [9.17, 15) is 9.59 Å². The van der Waals surface area contributed by atoms with Crippen LogP contribution in [-0.4, -0.2) is 74.5 Å². The molecular formula is C28H32N4O6. The topological polar surface area (TPSA) is 149 Å². The highest BCUT2D eigenvalue weighted by Gasteiger charge is 2.14. The third-order valence-corrected chi connectivity index (χ3v) is 5.19. The number of hydrogen-bond donors (Lipinski definition) is 2. The summed E-state index contributed by atoms with van der Waals surface area (Å²) in [6.45, 7) is 1.79. The molecule has 38 heavy (non-hydrogen) atoms. The zero-order chi connectivity index (χ0) is 26.6. The summed E-state index contributed by atoms with van der Waals surface area (Å²) in [5.74, 6) is -1.66. The number of rotatable bonds is 10. The molecule has 10 nitrogen and oxygen atoms in total. The highest BCUT2D eigenvalue weighted by atomic mass is 16.5. The van der Waals surface area contributed by atoms with Crippen molar-refractivity contribution in [1.82, 2.24) is 19.7 Å². The van der Waals surface area contributed by atoms with Gasteiger partial charge in [0.2, 0.25) is 0 Å². The largest absolute Gasteiger partial charge is 0.494 e. The van der Waals surface area contributed by atoms with Crippen molar-refractivity contribution in [3.05, 3.63) is 85.1 Å². The molecule has 0 saturated carbocycles. The second-order valence-corrected chi connectivity index (χ2v) is 8.37. The van der Waals surface area contributed by atoms with Crippen LogP contribution >= 0.6 is 0 Å². The summed E-state index contributed by atoms with van der Waals surface area (Å²) in [5.41, 5.74) is 3.80. The Kier molecular flexibility index (Phi) is 11.6. The maximum atomic E-state index is 9.55. The van der Waals surface area contributed by atoms with Crippen LogP contribution in [-0.2, 0) is 9.59 Å². The summed E-state index contributed by atoms with van der Waals surface area (Å²) < 4.78 is 7.87. The van der Waals surface area contributed by atoms with Crippen LogP contribution in [0.25, 0.3) is 28.0 Å². The average molecular weight is 521 g/mol. The van der Waals surface area contributed by atoms with Crippen LogP contribution < -0.4 is 4.74 Å². The van der Waals surface area contributed by atoms with Gasteiger partial charge >= 0.3 is 11.9 Å². The minimum atomic E-state index is -1.26. The lowest BCUT2D eigenvalue weighted by atomic mass is 10.1. The second kappa shape index (κ2) is 14.9. The van der Waals surface area contributed by atoms with Gasteiger partial charge in [-0.05, 0) is 57.7 Å². The Morgan fingerprint density at radius 1 is 0.947 bits per heavy atom. The Hall–Kier alpha value is -4.54. The van der Waals surface area contributed by atoms with Gasteiger partial charge in [0, 0.05) is 35.4 Å². The third kappa shape index (κ3) is 8.84. The number of carboxylic acids is 2. The number of fused-ring (bicyclic) bond motifs is 1. The SMILES string of the molecule is CN(C)CCCCOc1cccc(-n2nc(-c3ccccc3)c3cccnc32)c1.O.O=C(O)/C=C/C(=O)O. The molecular weight excluding hydrogens is 488 g/mol. The lowest BCUT2D eigenvalue weighted by molar-refractivity contribution is -0.134. The molecule has 4 aromatic rings. The average Bonchev–Trinajstić information content (AvgIpc) is 3.28. The van der Waals surface area contributed by atoms with Crippen molar-refractivity contribution >= 4 is 23.0 Å². The molecule has 0 spiro atoms. The molecule has 4 rings (SSSR count). The molecule has 0 fully saturated rings. The van der Waals surface area contributed by atoms with Crippen molar-refractivity contribution in [2.24, 2.45) is 0 Å². The Morgan fingerprint density at radius 2 is 1.66 bits per heavy atom. The molecule has 0 bridgehead atoms. The van der Waals surface area contributed by atoms with Crippen molar-refractivity contribution in [2.75, 3.05) is 27.2 Å². The summed E-state index contributed by atoms with van der Waals surface area (Å²) in [4.78, 5) is 25.9. The van der Waals surface area contributed by atoms with E-state index < -0.39 is 11.9 Å². The second-order valence-electron chi connectivity index (χ2n) is 8.37. The van der Waals surface area contributed by atoms with E-state index >= 15 is 0 Å². The van der Waals surface area contributed by atoms with Gasteiger partial charge in [0.05, 0.1) is 12.3 Å². The quantitative estimate of drug-likeness (QED) is 0.237. The molecule has 10 heteroatoms. The highest BCUT2D eigenvalue weighted by Crippen LogP contribution is 2.29. The molecule has 2 aromatic heterocycles. The predicted molar refractivity (Wildman–Crippen MR) is 146 cm³/mol. The third-order valence-electron chi connectivity index (χ3n) is 5.19. The number of hydrogen-bond acceptors (Lipinski definition) is 6. The first-order chi connectivity index (χ1) is 17.8. The van der Waals surface area contributed by atoms with Gasteiger partial charge in [0.15, 0.2) is 5.65 Å². The van der Waals surface area contributed by atoms with E-state index in [4.69, 9.17) is 20.0 Å². The molecule has 0 aliphatic rings. The van der Waals surface area contributed by atoms with Gasteiger partial charge in [-0.15, -0.1) is 0 Å². The maximum Gasteiger partial charge on any atom is 0.328 e. The van der Waals surface area contributed by atoms with Crippen molar-refractivity contribution in [1.29, 1.82) is 0 Å². The van der Waals surface area contributed by atoms with E-state index in [0.29, 0.717) is 18.8 Å². The highest BCUT2D eigenvalue weighted by molar-refractivity contribution is 5.92. The number of aromatic nitrogens is 3. The molecule has 0 atom stereocenters. The smallest absolute Gasteiger partial charge is 0.328 e. The molecule has 0 aliphatic carbocycles. The van der Waals surface area contributed by atoms with E-state index in [1.807, 2.05) is 53.2 Å². The summed E-state index contributed by atoms with van der Waals surface area (Å²) in [6.07, 6.45) is 5.08. The lowest BCUT2D eigenvalue weighted by Crippen LogP contribution is -2.13. The molecule has 0 saturated heterocycles. The minimum Gasteiger partial charge on any atom is -0.494 e. The van der Waals surface area contributed by atoms with E-state index in [-0.39, 0.29) is 5.48 Å². The van der Waals surface area contributed by atoms with E-state index in [1.54, 1.807) is 6.20 Å². The fraction of sp³-hybridized carbons (Fsp3) is 0.214. The Labute approximate surface area is 220 Å². The molecule has 2 aromatic carbocycles. The summed E-state index contributed by atoms with van der Waals surface area (Å²) in [5, 5.41) is 21.6. The number of carbonyl (C=O) groups is 2. The zero-order valence-electron chi connectivity index (χ0n) is 21.3. The van der Waals surface area contributed by atoms with Crippen LogP contribution in [0.5, 0.6) is 5.75 Å². The zero-order valence-corrected chi connectivity index (χ0v) is 21.3. The molecule has 4 N–H and O–H groups in total. The number of nitrogens with zero attached hydrogens (tertiary/aromatic N) is 4. The normalized spacial score (nSPS) is 10.6. The van der Waals surface area contributed by atoms with Crippen molar-refractivity contribution in [3.63, 3.8) is 0 Å².